The largest absolute Gasteiger partial charge is 0.481 e. The minimum atomic E-state index is -3.09. The van der Waals surface area contributed by atoms with Crippen LogP contribution in [-0.4, -0.2) is 62.4 Å². The highest BCUT2D eigenvalue weighted by Gasteiger charge is 2.67. The first-order chi connectivity index (χ1) is 17.5. The Hall–Kier alpha value is -3.01. The highest BCUT2D eigenvalue weighted by Crippen LogP contribution is 2.49. The zero-order valence-electron chi connectivity index (χ0n) is 21.7. The zero-order valence-corrected chi connectivity index (χ0v) is 22.7. The first kappa shape index (κ1) is 27.0. The van der Waals surface area contributed by atoms with Crippen molar-refractivity contribution < 1.29 is 38.1 Å². The van der Waals surface area contributed by atoms with Gasteiger partial charge in [0, 0.05) is 19.8 Å². The third kappa shape index (κ3) is 4.95. The third-order valence-corrected chi connectivity index (χ3v) is 12.3. The number of ether oxygens (including phenoxy) is 3. The summed E-state index contributed by atoms with van der Waals surface area (Å²) in [6.45, 7) is 8.83. The lowest BCUT2D eigenvalue weighted by Gasteiger charge is -2.47. The molecule has 2 aromatic carbocycles. The molecule has 198 valence electrons. The standard InChI is InChI=1S/C28H34O8Si/c1-17(29)33-16-21-22(27(31)32)24-25(34-18(2)30)26(23(21)35-24)36-37(28(3,4)5,19-12-8-6-9-13-19)20-14-10-7-11-15-20/h6-15,21-26H,16H2,1-5H3,(H,31,32)/t21-,22-,23-,24+,25-,26-/m0/s1. The van der Waals surface area contributed by atoms with Gasteiger partial charge in [-0.05, 0) is 15.4 Å². The number of carboxylic acid groups (broad SMARTS) is 1. The highest BCUT2D eigenvalue weighted by molar-refractivity contribution is 6.99. The molecule has 2 aliphatic heterocycles. The number of hydrogen-bond donors (Lipinski definition) is 1. The van der Waals surface area contributed by atoms with Crippen LogP contribution in [0.2, 0.25) is 5.04 Å². The molecule has 2 fully saturated rings. The first-order valence-corrected chi connectivity index (χ1v) is 14.4. The summed E-state index contributed by atoms with van der Waals surface area (Å²) in [6.07, 6.45) is -3.33. The number of benzene rings is 2. The van der Waals surface area contributed by atoms with E-state index in [9.17, 15) is 19.5 Å². The molecule has 8 nitrogen and oxygen atoms in total. The monoisotopic (exact) mass is 526 g/mol. The van der Waals surface area contributed by atoms with Crippen molar-refractivity contribution in [2.45, 2.75) is 64.1 Å². The molecule has 0 spiro atoms. The molecule has 2 saturated heterocycles. The van der Waals surface area contributed by atoms with E-state index >= 15 is 0 Å². The Labute approximate surface area is 218 Å². The van der Waals surface area contributed by atoms with Crippen molar-refractivity contribution >= 4 is 36.6 Å². The predicted molar refractivity (Wildman–Crippen MR) is 138 cm³/mol. The molecule has 37 heavy (non-hydrogen) atoms. The van der Waals surface area contributed by atoms with E-state index in [4.69, 9.17) is 18.6 Å². The number of hydrogen-bond acceptors (Lipinski definition) is 7. The van der Waals surface area contributed by atoms with Crippen LogP contribution in [0.5, 0.6) is 0 Å². The fourth-order valence-corrected chi connectivity index (χ4v) is 10.6. The normalized spacial score (nSPS) is 27.1. The topological polar surface area (TPSA) is 108 Å². The molecule has 4 rings (SSSR count). The van der Waals surface area contributed by atoms with E-state index in [1.807, 2.05) is 36.4 Å². The second-order valence-electron chi connectivity index (χ2n) is 10.7. The van der Waals surface area contributed by atoms with E-state index in [1.54, 1.807) is 0 Å². The Morgan fingerprint density at radius 2 is 1.41 bits per heavy atom. The van der Waals surface area contributed by atoms with Gasteiger partial charge in [0.25, 0.3) is 8.32 Å². The second-order valence-corrected chi connectivity index (χ2v) is 15.0. The van der Waals surface area contributed by atoms with Gasteiger partial charge in [0.15, 0.2) is 6.10 Å². The van der Waals surface area contributed by atoms with Crippen molar-refractivity contribution in [2.24, 2.45) is 11.8 Å². The summed E-state index contributed by atoms with van der Waals surface area (Å²) in [6, 6.07) is 20.0. The van der Waals surface area contributed by atoms with E-state index < -0.39 is 62.5 Å². The van der Waals surface area contributed by atoms with Gasteiger partial charge in [0.05, 0.1) is 18.6 Å². The van der Waals surface area contributed by atoms with Crippen LogP contribution in [0.1, 0.15) is 34.6 Å². The van der Waals surface area contributed by atoms with Crippen molar-refractivity contribution in [3.05, 3.63) is 60.7 Å². The molecule has 0 aliphatic carbocycles. The highest BCUT2D eigenvalue weighted by atomic mass is 28.4. The van der Waals surface area contributed by atoms with Gasteiger partial charge in [-0.2, -0.15) is 0 Å². The van der Waals surface area contributed by atoms with Gasteiger partial charge in [-0.15, -0.1) is 0 Å². The molecular weight excluding hydrogens is 492 g/mol. The van der Waals surface area contributed by atoms with Crippen LogP contribution in [0, 0.1) is 11.8 Å². The van der Waals surface area contributed by atoms with Gasteiger partial charge in [-0.1, -0.05) is 81.4 Å². The van der Waals surface area contributed by atoms with Crippen LogP contribution in [0.4, 0.5) is 0 Å². The fourth-order valence-electron chi connectivity index (χ4n) is 5.88. The zero-order chi connectivity index (χ0) is 27.0. The summed E-state index contributed by atoms with van der Waals surface area (Å²) in [5, 5.41) is 11.7. The number of aliphatic carboxylic acids is 1. The molecule has 0 unspecified atom stereocenters. The van der Waals surface area contributed by atoms with E-state index in [0.717, 1.165) is 10.4 Å². The maximum absolute atomic E-state index is 12.3. The SMILES string of the molecule is CC(=O)OC[C@@H]1[C@@H]2O[C@@H]([C@H](OC(C)=O)[C@H]2O[Si](c2ccccc2)(c2ccccc2)C(C)(C)C)[C@H]1C(=O)O. The molecule has 2 aromatic rings. The Morgan fingerprint density at radius 3 is 1.84 bits per heavy atom. The van der Waals surface area contributed by atoms with Gasteiger partial charge in [0.2, 0.25) is 0 Å². The summed E-state index contributed by atoms with van der Waals surface area (Å²) >= 11 is 0. The Kier molecular flexibility index (Phi) is 7.59. The lowest BCUT2D eigenvalue weighted by atomic mass is 9.76. The third-order valence-electron chi connectivity index (χ3n) is 7.32. The predicted octanol–water partition coefficient (Wildman–Crippen LogP) is 2.52. The summed E-state index contributed by atoms with van der Waals surface area (Å²) in [5.41, 5.74) is 0. The maximum Gasteiger partial charge on any atom is 0.309 e. The van der Waals surface area contributed by atoms with Crippen molar-refractivity contribution in [1.82, 2.24) is 0 Å². The molecular formula is C28H34O8Si. The van der Waals surface area contributed by atoms with Gasteiger partial charge in [0.1, 0.15) is 12.2 Å². The van der Waals surface area contributed by atoms with E-state index in [-0.39, 0.29) is 11.6 Å². The molecule has 0 saturated carbocycles. The van der Waals surface area contributed by atoms with Gasteiger partial charge in [-0.3, -0.25) is 14.4 Å². The quantitative estimate of drug-likeness (QED) is 0.413. The number of carbonyl (C=O) groups excluding carboxylic acids is 2. The fraction of sp³-hybridized carbons (Fsp3) is 0.464. The summed E-state index contributed by atoms with van der Waals surface area (Å²) in [7, 11) is -3.09. The number of fused-ring (bicyclic) bond motifs is 2. The van der Waals surface area contributed by atoms with Crippen LogP contribution in [0.25, 0.3) is 0 Å². The van der Waals surface area contributed by atoms with Gasteiger partial charge < -0.3 is 23.7 Å². The Balaban J connectivity index is 1.85. The number of carbonyl (C=O) groups is 3. The molecule has 2 heterocycles. The van der Waals surface area contributed by atoms with Crippen LogP contribution < -0.4 is 10.4 Å². The van der Waals surface area contributed by atoms with E-state index in [0.29, 0.717) is 0 Å². The Morgan fingerprint density at radius 1 is 0.865 bits per heavy atom. The van der Waals surface area contributed by atoms with Crippen LogP contribution in [0.15, 0.2) is 60.7 Å². The molecule has 2 bridgehead atoms. The second kappa shape index (κ2) is 10.4. The van der Waals surface area contributed by atoms with E-state index in [1.165, 1.54) is 13.8 Å². The molecule has 9 heteroatoms. The molecule has 1 N–H and O–H groups in total. The van der Waals surface area contributed by atoms with Crippen molar-refractivity contribution in [3.8, 4) is 0 Å². The number of rotatable bonds is 8. The van der Waals surface area contributed by atoms with Crippen molar-refractivity contribution in [2.75, 3.05) is 6.61 Å². The molecule has 0 radical (unpaired) electrons. The molecule has 0 aromatic heterocycles. The summed E-state index contributed by atoms with van der Waals surface area (Å²) in [5.74, 6) is -3.80. The minimum absolute atomic E-state index is 0.124. The van der Waals surface area contributed by atoms with E-state index in [2.05, 4.69) is 45.0 Å². The first-order valence-electron chi connectivity index (χ1n) is 12.4. The van der Waals surface area contributed by atoms with Crippen LogP contribution >= 0.6 is 0 Å². The average molecular weight is 527 g/mol. The van der Waals surface area contributed by atoms with Crippen LogP contribution in [0.3, 0.4) is 0 Å². The van der Waals surface area contributed by atoms with Gasteiger partial charge >= 0.3 is 17.9 Å². The summed E-state index contributed by atoms with van der Waals surface area (Å²) < 4.78 is 24.4. The molecule has 0 amide bonds. The number of carboxylic acids is 1. The average Bonchev–Trinajstić information content (AvgIpc) is 3.37. The van der Waals surface area contributed by atoms with Crippen LogP contribution in [-0.2, 0) is 33.0 Å². The lowest BCUT2D eigenvalue weighted by molar-refractivity contribution is -0.164. The minimum Gasteiger partial charge on any atom is -0.481 e. The van der Waals surface area contributed by atoms with Gasteiger partial charge in [-0.25, -0.2) is 0 Å². The summed E-state index contributed by atoms with van der Waals surface area (Å²) in [4.78, 5) is 36.0. The lowest BCUT2D eigenvalue weighted by Crippen LogP contribution is -2.70. The Bertz CT molecular complexity index is 1090. The van der Waals surface area contributed by atoms with Crippen molar-refractivity contribution in [1.29, 1.82) is 0 Å². The molecule has 2 aliphatic rings. The molecule has 6 atom stereocenters. The maximum atomic E-state index is 12.3. The smallest absolute Gasteiger partial charge is 0.309 e. The van der Waals surface area contributed by atoms with Crippen molar-refractivity contribution in [3.63, 3.8) is 0 Å². The number of esters is 2.